The van der Waals surface area contributed by atoms with Crippen LogP contribution in [-0.4, -0.2) is 175 Å². The third-order valence-electron chi connectivity index (χ3n) is 15.4. The lowest BCUT2D eigenvalue weighted by Crippen LogP contribution is -2.55. The second kappa shape index (κ2) is 29.5. The van der Waals surface area contributed by atoms with Crippen LogP contribution in [0.2, 0.25) is 10.0 Å². The molecular formula is C57H80Cl4F3N13O5. The summed E-state index contributed by atoms with van der Waals surface area (Å²) in [5.74, 6) is 1.95. The van der Waals surface area contributed by atoms with Crippen molar-refractivity contribution in [1.29, 1.82) is 0 Å². The lowest BCUT2D eigenvalue weighted by atomic mass is 10.0. The van der Waals surface area contributed by atoms with Gasteiger partial charge in [-0.25, -0.2) is 4.79 Å². The number of aromatic nitrogens is 6. The first-order chi connectivity index (χ1) is 38.9. The lowest BCUT2D eigenvalue weighted by molar-refractivity contribution is -0.156. The largest absolute Gasteiger partial charge is 0.462 e. The molecule has 0 aliphatic carbocycles. The highest BCUT2D eigenvalue weighted by Crippen LogP contribution is 2.37. The molecule has 0 unspecified atom stereocenters. The van der Waals surface area contributed by atoms with E-state index in [0.717, 1.165) is 95.5 Å². The monoisotopic (exact) mass is 1220 g/mol. The minimum absolute atomic E-state index is 0.0519. The van der Waals surface area contributed by atoms with Gasteiger partial charge in [-0.3, -0.25) is 24.6 Å². The Labute approximate surface area is 501 Å². The number of carbonyl (C=O) groups is 2. The molecule has 4 fully saturated rings. The molecule has 0 bridgehead atoms. The zero-order chi connectivity index (χ0) is 59.5. The molecule has 0 N–H and O–H groups in total. The first-order valence-electron chi connectivity index (χ1n) is 28.2. The van der Waals surface area contributed by atoms with Crippen molar-refractivity contribution in [2.45, 2.75) is 169 Å². The van der Waals surface area contributed by atoms with Crippen molar-refractivity contribution in [2.24, 2.45) is 0 Å². The van der Waals surface area contributed by atoms with Crippen LogP contribution in [0.15, 0.2) is 24.3 Å². The number of anilines is 2. The van der Waals surface area contributed by atoms with Crippen molar-refractivity contribution < 1.29 is 37.0 Å². The van der Waals surface area contributed by atoms with Gasteiger partial charge in [0.1, 0.15) is 30.5 Å². The van der Waals surface area contributed by atoms with Gasteiger partial charge in [0, 0.05) is 112 Å². The SMILES string of the molecule is Cc1ccc(Cl)c(CN2Cc3nc(OC[C@@H]4CCCN4C)nc(N4CCCC[C@@H]4C)c3C2)n1.Cc1ccc(Cl)c(CN2Cc3nc(OC[C@@H]4CCCN4C)nc(N4CCN(C(=O)OC(C)(C)C)C[C@@H]4C)c3C2)n1.ClCCl.O=CC(F)(F)F. The van der Waals surface area contributed by atoms with Crippen molar-refractivity contribution >= 4 is 70.4 Å². The van der Waals surface area contributed by atoms with Crippen molar-refractivity contribution in [3.05, 3.63) is 79.6 Å². The summed E-state index contributed by atoms with van der Waals surface area (Å²) in [7, 11) is 4.32. The second-order valence-electron chi connectivity index (χ2n) is 23.0. The minimum atomic E-state index is -4.64. The predicted octanol–water partition coefficient (Wildman–Crippen LogP) is 10.6. The topological polar surface area (TPSA) is 162 Å². The number of piperidine rings is 1. The van der Waals surface area contributed by atoms with Crippen molar-refractivity contribution in [1.82, 2.24) is 54.4 Å². The number of nitrogens with zero attached hydrogens (tertiary/aromatic N) is 13. The number of alkyl halides is 5. The molecule has 1 amide bonds. The number of likely N-dealkylation sites (tertiary alicyclic amines) is 2. The zero-order valence-corrected chi connectivity index (χ0v) is 51.8. The van der Waals surface area contributed by atoms with Gasteiger partial charge < -0.3 is 38.7 Å². The van der Waals surface area contributed by atoms with E-state index in [2.05, 4.69) is 67.3 Å². The maximum Gasteiger partial charge on any atom is 0.446 e. The Bertz CT molecular complexity index is 2790. The minimum Gasteiger partial charge on any atom is -0.462 e. The van der Waals surface area contributed by atoms with Crippen LogP contribution in [0, 0.1) is 13.8 Å². The summed E-state index contributed by atoms with van der Waals surface area (Å²) in [6.07, 6.45) is 2.43. The molecule has 0 radical (unpaired) electrons. The lowest BCUT2D eigenvalue weighted by Gasteiger charge is -2.41. The van der Waals surface area contributed by atoms with E-state index in [0.29, 0.717) is 94.2 Å². The van der Waals surface area contributed by atoms with E-state index in [1.165, 1.54) is 44.1 Å². The standard InChI is InChI=1S/C29H42ClN7O3.C25H35ClN6O.C2HF3O.CH2Cl2/c1-19-9-10-23(30)25(31-19)17-35-15-22-24(16-35)32-27(39-18-21-8-7-11-34(21)6)33-26(22)37-13-12-36(14-20(37)2)28(38)40-29(3,4)5;1-17-9-10-21(26)23(27-17)15-31-13-20-22(14-31)28-25(33-16-19-8-6-11-30(19)3)29-24(20)32-12-5-4-7-18(32)2;3-2(4,5)1-6;2-1-3/h9-10,20-21H,7-8,11-18H2,1-6H3;9-10,18-19H,4-8,11-16H2,1-3H3;1H;1H2/t20-,21-;18-,19-;;/m00../s1. The number of piperazine rings is 1. The van der Waals surface area contributed by atoms with Crippen LogP contribution < -0.4 is 19.3 Å². The van der Waals surface area contributed by atoms with Gasteiger partial charge in [0.05, 0.1) is 38.2 Å². The first-order valence-corrected chi connectivity index (χ1v) is 30.0. The summed E-state index contributed by atoms with van der Waals surface area (Å²) in [5.41, 5.74) is 7.59. The molecule has 4 saturated heterocycles. The van der Waals surface area contributed by atoms with Gasteiger partial charge in [0.2, 0.25) is 6.29 Å². The maximum absolute atomic E-state index is 12.8. The Morgan fingerprint density at radius 1 is 0.646 bits per heavy atom. The van der Waals surface area contributed by atoms with E-state index in [1.54, 1.807) is 4.90 Å². The number of halogens is 7. The quantitative estimate of drug-likeness (QED) is 0.0972. The van der Waals surface area contributed by atoms with Crippen LogP contribution in [-0.2, 0) is 48.8 Å². The molecule has 4 aromatic rings. The number of hydrogen-bond donors (Lipinski definition) is 0. The number of aldehydes is 1. The normalized spacial score (nSPS) is 21.4. The Kier molecular flexibility index (Phi) is 23.3. The summed E-state index contributed by atoms with van der Waals surface area (Å²) in [4.78, 5) is 66.5. The van der Waals surface area contributed by atoms with E-state index < -0.39 is 18.1 Å². The van der Waals surface area contributed by atoms with E-state index in [1.807, 2.05) is 58.9 Å². The Morgan fingerprint density at radius 2 is 1.11 bits per heavy atom. The van der Waals surface area contributed by atoms with Gasteiger partial charge in [-0.05, 0) is 145 Å². The number of fused-ring (bicyclic) bond motifs is 2. The molecule has 0 spiro atoms. The number of amides is 1. The molecule has 0 saturated carbocycles. The Hall–Kier alpha value is -4.61. The van der Waals surface area contributed by atoms with E-state index in [9.17, 15) is 18.0 Å². The second-order valence-corrected chi connectivity index (χ2v) is 24.6. The van der Waals surface area contributed by atoms with Crippen LogP contribution >= 0.6 is 46.4 Å². The average Bonchev–Trinajstić information content (AvgIpc) is 4.32. The number of aryl methyl sites for hydroxylation is 2. The Balaban J connectivity index is 0.000000208. The molecule has 452 valence electrons. The molecule has 25 heteroatoms. The summed E-state index contributed by atoms with van der Waals surface area (Å²) in [6, 6.07) is 10.0. The Morgan fingerprint density at radius 3 is 1.51 bits per heavy atom. The average molecular weight is 1230 g/mol. The van der Waals surface area contributed by atoms with Gasteiger partial charge in [0.15, 0.2) is 0 Å². The predicted molar refractivity (Wildman–Crippen MR) is 314 cm³/mol. The first kappa shape index (κ1) is 64.9. The fraction of sp³-hybridized carbons (Fsp3) is 0.649. The summed E-state index contributed by atoms with van der Waals surface area (Å²) in [5, 5.41) is 1.58. The molecular weight excluding hydrogens is 1150 g/mol. The molecule has 6 aliphatic rings. The van der Waals surface area contributed by atoms with Gasteiger partial charge in [-0.1, -0.05) is 23.2 Å². The third-order valence-corrected chi connectivity index (χ3v) is 16.1. The van der Waals surface area contributed by atoms with Crippen LogP contribution in [0.5, 0.6) is 12.0 Å². The fourth-order valence-electron chi connectivity index (χ4n) is 11.1. The number of ether oxygens (including phenoxy) is 3. The molecule has 18 nitrogen and oxygen atoms in total. The molecule has 4 aromatic heterocycles. The van der Waals surface area contributed by atoms with Gasteiger partial charge in [-0.2, -0.15) is 33.1 Å². The fourth-order valence-corrected chi connectivity index (χ4v) is 11.4. The van der Waals surface area contributed by atoms with Gasteiger partial charge >= 0.3 is 24.3 Å². The van der Waals surface area contributed by atoms with E-state index >= 15 is 0 Å². The van der Waals surface area contributed by atoms with E-state index in [-0.39, 0.29) is 17.5 Å². The number of likely N-dealkylation sites (N-methyl/N-ethyl adjacent to an activating group) is 2. The molecule has 10 heterocycles. The van der Waals surface area contributed by atoms with Crippen molar-refractivity contribution in [3.63, 3.8) is 0 Å². The maximum atomic E-state index is 12.8. The van der Waals surface area contributed by atoms with Crippen molar-refractivity contribution in [3.8, 4) is 12.0 Å². The highest BCUT2D eigenvalue weighted by Gasteiger charge is 2.37. The van der Waals surface area contributed by atoms with Crippen LogP contribution in [0.4, 0.5) is 29.6 Å². The molecule has 10 rings (SSSR count). The zero-order valence-electron chi connectivity index (χ0n) is 48.8. The highest BCUT2D eigenvalue weighted by atomic mass is 35.5. The summed E-state index contributed by atoms with van der Waals surface area (Å²) >= 11 is 22.5. The van der Waals surface area contributed by atoms with Gasteiger partial charge in [0.25, 0.3) is 0 Å². The van der Waals surface area contributed by atoms with Crippen molar-refractivity contribution in [2.75, 3.05) is 81.7 Å². The number of carbonyl (C=O) groups excluding carboxylic acids is 2. The number of rotatable bonds is 12. The number of hydrogen-bond acceptors (Lipinski definition) is 17. The van der Waals surface area contributed by atoms with Crippen LogP contribution in [0.25, 0.3) is 0 Å². The summed E-state index contributed by atoms with van der Waals surface area (Å²) in [6.45, 7) is 24.6. The molecule has 4 atom stereocenters. The summed E-state index contributed by atoms with van der Waals surface area (Å²) < 4.78 is 49.3. The molecule has 6 aliphatic heterocycles. The molecule has 0 aromatic carbocycles. The van der Waals surface area contributed by atoms with Gasteiger partial charge in [-0.15, -0.1) is 23.2 Å². The van der Waals surface area contributed by atoms with Crippen LogP contribution in [0.3, 0.4) is 0 Å². The molecule has 82 heavy (non-hydrogen) atoms. The van der Waals surface area contributed by atoms with E-state index in [4.69, 9.17) is 85.3 Å². The highest BCUT2D eigenvalue weighted by molar-refractivity contribution is 6.40. The third kappa shape index (κ3) is 18.2. The van der Waals surface area contributed by atoms with Crippen LogP contribution in [0.1, 0.15) is 125 Å². The number of pyridine rings is 2. The smallest absolute Gasteiger partial charge is 0.446 e.